The second kappa shape index (κ2) is 6.24. The van der Waals surface area contributed by atoms with Crippen LogP contribution in [0, 0.1) is 5.41 Å². The van der Waals surface area contributed by atoms with Gasteiger partial charge in [0.25, 0.3) is 0 Å². The molecule has 0 heterocycles. The zero-order valence-electron chi connectivity index (χ0n) is 12.1. The van der Waals surface area contributed by atoms with Crippen LogP contribution >= 0.6 is 0 Å². The molecule has 0 spiro atoms. The summed E-state index contributed by atoms with van der Waals surface area (Å²) in [6.07, 6.45) is 1.82. The number of rotatable bonds is 4. The SMILES string of the molecule is CCc1ccccc1N(C(=N)N)c1ccccc1CC. The summed E-state index contributed by atoms with van der Waals surface area (Å²) in [7, 11) is 0. The number of hydrogen-bond acceptors (Lipinski definition) is 1. The fraction of sp³-hybridized carbons (Fsp3) is 0.235. The first kappa shape index (κ1) is 14.1. The Balaban J connectivity index is 2.60. The molecule has 0 aliphatic rings. The van der Waals surface area contributed by atoms with Gasteiger partial charge in [-0.1, -0.05) is 50.2 Å². The highest BCUT2D eigenvalue weighted by Gasteiger charge is 2.17. The lowest BCUT2D eigenvalue weighted by Crippen LogP contribution is -2.33. The van der Waals surface area contributed by atoms with Gasteiger partial charge in [-0.2, -0.15) is 0 Å². The van der Waals surface area contributed by atoms with Gasteiger partial charge in [0, 0.05) is 0 Å². The smallest absolute Gasteiger partial charge is 0.197 e. The van der Waals surface area contributed by atoms with Gasteiger partial charge >= 0.3 is 0 Å². The quantitative estimate of drug-likeness (QED) is 0.653. The summed E-state index contributed by atoms with van der Waals surface area (Å²) in [6.45, 7) is 4.23. The molecule has 0 bridgehead atoms. The highest BCUT2D eigenvalue weighted by atomic mass is 15.2. The molecule has 0 atom stereocenters. The predicted octanol–water partition coefficient (Wildman–Crippen LogP) is 3.84. The Bertz CT molecular complexity index is 557. The van der Waals surface area contributed by atoms with Gasteiger partial charge in [-0.05, 0) is 36.1 Å². The fourth-order valence-corrected chi connectivity index (χ4v) is 2.45. The number of nitrogens with two attached hydrogens (primary N) is 1. The zero-order valence-corrected chi connectivity index (χ0v) is 12.1. The van der Waals surface area contributed by atoms with E-state index in [2.05, 4.69) is 26.0 Å². The Morgan fingerprint density at radius 2 is 1.30 bits per heavy atom. The van der Waals surface area contributed by atoms with Gasteiger partial charge in [0.1, 0.15) is 0 Å². The first-order chi connectivity index (χ1) is 9.69. The third kappa shape index (κ3) is 2.67. The van der Waals surface area contributed by atoms with E-state index in [9.17, 15) is 0 Å². The van der Waals surface area contributed by atoms with Crippen LogP contribution in [0.1, 0.15) is 25.0 Å². The molecule has 20 heavy (non-hydrogen) atoms. The molecule has 0 aliphatic heterocycles. The van der Waals surface area contributed by atoms with Crippen molar-refractivity contribution in [2.75, 3.05) is 4.90 Å². The number of nitrogens with zero attached hydrogens (tertiary/aromatic N) is 1. The van der Waals surface area contributed by atoms with Crippen molar-refractivity contribution in [1.82, 2.24) is 0 Å². The molecule has 104 valence electrons. The maximum Gasteiger partial charge on any atom is 0.197 e. The number of aryl methyl sites for hydroxylation is 2. The maximum absolute atomic E-state index is 7.97. The minimum atomic E-state index is 0.0480. The van der Waals surface area contributed by atoms with E-state index < -0.39 is 0 Å². The Morgan fingerprint density at radius 1 is 0.900 bits per heavy atom. The molecule has 3 nitrogen and oxygen atoms in total. The van der Waals surface area contributed by atoms with Crippen LogP contribution in [-0.4, -0.2) is 5.96 Å². The van der Waals surface area contributed by atoms with Gasteiger partial charge in [0.05, 0.1) is 11.4 Å². The number of anilines is 2. The third-order valence-electron chi connectivity index (χ3n) is 3.47. The van der Waals surface area contributed by atoms with Gasteiger partial charge in [0.2, 0.25) is 0 Å². The summed E-state index contributed by atoms with van der Waals surface area (Å²) in [4.78, 5) is 1.83. The van der Waals surface area contributed by atoms with Gasteiger partial charge < -0.3 is 5.73 Å². The zero-order chi connectivity index (χ0) is 14.5. The molecule has 0 aliphatic carbocycles. The molecule has 2 rings (SSSR count). The summed E-state index contributed by atoms with van der Waals surface area (Å²) >= 11 is 0. The van der Waals surface area contributed by atoms with Crippen molar-refractivity contribution in [3.63, 3.8) is 0 Å². The molecular formula is C17H21N3. The van der Waals surface area contributed by atoms with Crippen LogP contribution < -0.4 is 10.6 Å². The van der Waals surface area contributed by atoms with Crippen LogP contribution in [0.3, 0.4) is 0 Å². The second-order valence-electron chi connectivity index (χ2n) is 4.69. The molecule has 3 heteroatoms. The summed E-state index contributed by atoms with van der Waals surface area (Å²) in [6, 6.07) is 16.2. The lowest BCUT2D eigenvalue weighted by atomic mass is 10.1. The van der Waals surface area contributed by atoms with E-state index in [0.717, 1.165) is 24.2 Å². The van der Waals surface area contributed by atoms with E-state index in [1.165, 1.54) is 11.1 Å². The standard InChI is InChI=1S/C17H21N3/c1-3-13-9-5-7-11-15(13)20(17(18)19)16-12-8-6-10-14(16)4-2/h5-12H,3-4H2,1-2H3,(H3,18,19). The molecule has 0 unspecified atom stereocenters. The topological polar surface area (TPSA) is 53.1 Å². The van der Waals surface area contributed by atoms with Crippen molar-refractivity contribution in [2.24, 2.45) is 5.73 Å². The fourth-order valence-electron chi connectivity index (χ4n) is 2.45. The molecular weight excluding hydrogens is 246 g/mol. The lowest BCUT2D eigenvalue weighted by Gasteiger charge is -2.27. The largest absolute Gasteiger partial charge is 0.369 e. The van der Waals surface area contributed by atoms with Gasteiger partial charge in [0.15, 0.2) is 5.96 Å². The van der Waals surface area contributed by atoms with Crippen molar-refractivity contribution in [3.8, 4) is 0 Å². The normalized spacial score (nSPS) is 10.3. The molecule has 0 aromatic heterocycles. The summed E-state index contributed by atoms with van der Waals surface area (Å²) in [5.41, 5.74) is 10.2. The molecule has 0 saturated carbocycles. The molecule has 0 amide bonds. The van der Waals surface area contributed by atoms with Crippen molar-refractivity contribution < 1.29 is 0 Å². The van der Waals surface area contributed by atoms with E-state index in [4.69, 9.17) is 11.1 Å². The van der Waals surface area contributed by atoms with E-state index in [1.54, 1.807) is 0 Å². The van der Waals surface area contributed by atoms with Crippen LogP contribution in [-0.2, 0) is 12.8 Å². The summed E-state index contributed by atoms with van der Waals surface area (Å²) in [5, 5.41) is 7.97. The Morgan fingerprint density at radius 3 is 1.65 bits per heavy atom. The van der Waals surface area contributed by atoms with E-state index in [0.29, 0.717) is 0 Å². The van der Waals surface area contributed by atoms with Gasteiger partial charge in [-0.25, -0.2) is 0 Å². The van der Waals surface area contributed by atoms with E-state index in [1.807, 2.05) is 41.3 Å². The number of benzene rings is 2. The van der Waals surface area contributed by atoms with Crippen LogP contribution in [0.25, 0.3) is 0 Å². The maximum atomic E-state index is 7.97. The van der Waals surface area contributed by atoms with Crippen LogP contribution in [0.2, 0.25) is 0 Å². The molecule has 3 N–H and O–H groups in total. The third-order valence-corrected chi connectivity index (χ3v) is 3.47. The van der Waals surface area contributed by atoms with Gasteiger partial charge in [-0.15, -0.1) is 0 Å². The Kier molecular flexibility index (Phi) is 4.41. The molecule has 0 saturated heterocycles. The summed E-state index contributed by atoms with van der Waals surface area (Å²) < 4.78 is 0. The van der Waals surface area contributed by atoms with E-state index >= 15 is 0 Å². The monoisotopic (exact) mass is 267 g/mol. The van der Waals surface area contributed by atoms with Crippen molar-refractivity contribution in [3.05, 3.63) is 59.7 Å². The number of para-hydroxylation sites is 2. The van der Waals surface area contributed by atoms with Crippen molar-refractivity contribution in [1.29, 1.82) is 5.41 Å². The van der Waals surface area contributed by atoms with Crippen LogP contribution in [0.4, 0.5) is 11.4 Å². The lowest BCUT2D eigenvalue weighted by molar-refractivity contribution is 1.09. The molecule has 2 aromatic rings. The average molecular weight is 267 g/mol. The minimum absolute atomic E-state index is 0.0480. The minimum Gasteiger partial charge on any atom is -0.369 e. The van der Waals surface area contributed by atoms with Crippen LogP contribution in [0.15, 0.2) is 48.5 Å². The van der Waals surface area contributed by atoms with Crippen LogP contribution in [0.5, 0.6) is 0 Å². The number of hydrogen-bond donors (Lipinski definition) is 2. The molecule has 0 radical (unpaired) electrons. The number of guanidine groups is 1. The Hall–Kier alpha value is -2.29. The number of nitrogens with one attached hydrogen (secondary N) is 1. The Labute approximate surface area is 120 Å². The van der Waals surface area contributed by atoms with E-state index in [-0.39, 0.29) is 5.96 Å². The van der Waals surface area contributed by atoms with Gasteiger partial charge in [-0.3, -0.25) is 10.3 Å². The first-order valence-electron chi connectivity index (χ1n) is 6.99. The predicted molar refractivity (Wildman–Crippen MR) is 85.7 cm³/mol. The highest BCUT2D eigenvalue weighted by molar-refractivity contribution is 6.01. The first-order valence-corrected chi connectivity index (χ1v) is 6.99. The van der Waals surface area contributed by atoms with Crippen molar-refractivity contribution in [2.45, 2.75) is 26.7 Å². The van der Waals surface area contributed by atoms with Crippen molar-refractivity contribution >= 4 is 17.3 Å². The molecule has 0 fully saturated rings. The average Bonchev–Trinajstić information content (AvgIpc) is 2.48. The summed E-state index contributed by atoms with van der Waals surface area (Å²) in [5.74, 6) is 0.0480. The molecule has 2 aromatic carbocycles. The highest BCUT2D eigenvalue weighted by Crippen LogP contribution is 2.31. The second-order valence-corrected chi connectivity index (χ2v) is 4.69.